The van der Waals surface area contributed by atoms with Crippen molar-refractivity contribution in [3.8, 4) is 0 Å². The molecule has 0 N–H and O–H groups in total. The molecule has 2 aromatic heterocycles. The first kappa shape index (κ1) is 18.1. The van der Waals surface area contributed by atoms with Crippen LogP contribution in [0.1, 0.15) is 33.6 Å². The molecule has 2 aromatic carbocycles. The third-order valence-corrected chi connectivity index (χ3v) is 7.16. The third kappa shape index (κ3) is 3.06. The van der Waals surface area contributed by atoms with Crippen LogP contribution < -0.4 is 11.2 Å². The Hall–Kier alpha value is -2.92. The average Bonchev–Trinajstić information content (AvgIpc) is 3.32. The molecule has 0 saturated carbocycles. The summed E-state index contributed by atoms with van der Waals surface area (Å²) in [5, 5.41) is 0.756. The van der Waals surface area contributed by atoms with Crippen LogP contribution in [0.2, 0.25) is 0 Å². The van der Waals surface area contributed by atoms with Gasteiger partial charge in [-0.05, 0) is 48.4 Å². The monoisotopic (exact) mass is 402 g/mol. The molecule has 0 fully saturated rings. The molecular weight excluding hydrogens is 380 g/mol. The number of benzene rings is 2. The summed E-state index contributed by atoms with van der Waals surface area (Å²) >= 11 is 1.63. The Morgan fingerprint density at radius 2 is 1.66 bits per heavy atom. The van der Waals surface area contributed by atoms with E-state index in [1.165, 1.54) is 9.44 Å². The van der Waals surface area contributed by atoms with Gasteiger partial charge in [0.15, 0.2) is 0 Å². The van der Waals surface area contributed by atoms with Crippen LogP contribution >= 0.6 is 11.3 Å². The van der Waals surface area contributed by atoms with Crippen molar-refractivity contribution in [3.63, 3.8) is 0 Å². The van der Waals surface area contributed by atoms with Gasteiger partial charge in [-0.25, -0.2) is 4.79 Å². The summed E-state index contributed by atoms with van der Waals surface area (Å²) in [6.07, 6.45) is 3.02. The summed E-state index contributed by atoms with van der Waals surface area (Å²) < 4.78 is 3.23. The number of fused-ring (bicyclic) bond motifs is 3. The van der Waals surface area contributed by atoms with Crippen LogP contribution in [0.3, 0.4) is 0 Å². The van der Waals surface area contributed by atoms with E-state index in [0.717, 1.165) is 51.7 Å². The Morgan fingerprint density at radius 3 is 2.45 bits per heavy atom. The largest absolute Gasteiger partial charge is 0.332 e. The van der Waals surface area contributed by atoms with Crippen LogP contribution in [0.4, 0.5) is 0 Å². The molecule has 0 radical (unpaired) electrons. The van der Waals surface area contributed by atoms with Crippen molar-refractivity contribution in [3.05, 3.63) is 103 Å². The SMILES string of the molecule is Cc1ccccc1Cn1c(=O)n(Cc2ccccc2)c(=O)c2c3c(sc21)CCC3. The molecule has 0 unspecified atom stereocenters. The fraction of sp³-hybridized carbons (Fsp3) is 0.250. The Balaban J connectivity index is 1.76. The number of aryl methyl sites for hydroxylation is 3. The van der Waals surface area contributed by atoms with E-state index < -0.39 is 0 Å². The Morgan fingerprint density at radius 1 is 0.897 bits per heavy atom. The minimum absolute atomic E-state index is 0.144. The zero-order chi connectivity index (χ0) is 20.0. The van der Waals surface area contributed by atoms with Crippen molar-refractivity contribution < 1.29 is 0 Å². The van der Waals surface area contributed by atoms with E-state index in [4.69, 9.17) is 0 Å². The van der Waals surface area contributed by atoms with Crippen LogP contribution in [0.15, 0.2) is 64.2 Å². The van der Waals surface area contributed by atoms with Gasteiger partial charge in [-0.15, -0.1) is 11.3 Å². The predicted octanol–water partition coefficient (Wildman–Crippen LogP) is 4.12. The van der Waals surface area contributed by atoms with Crippen molar-refractivity contribution in [2.75, 3.05) is 0 Å². The van der Waals surface area contributed by atoms with E-state index in [2.05, 4.69) is 19.1 Å². The van der Waals surface area contributed by atoms with Crippen LogP contribution in [0.5, 0.6) is 0 Å². The lowest BCUT2D eigenvalue weighted by Crippen LogP contribution is -2.40. The van der Waals surface area contributed by atoms with E-state index in [0.29, 0.717) is 13.1 Å². The number of hydrogen-bond donors (Lipinski definition) is 0. The highest BCUT2D eigenvalue weighted by atomic mass is 32.1. The molecule has 5 rings (SSSR count). The van der Waals surface area contributed by atoms with E-state index >= 15 is 0 Å². The van der Waals surface area contributed by atoms with Crippen LogP contribution in [0.25, 0.3) is 10.2 Å². The molecule has 0 amide bonds. The van der Waals surface area contributed by atoms with Crippen molar-refractivity contribution in [1.29, 1.82) is 0 Å². The van der Waals surface area contributed by atoms with Crippen molar-refractivity contribution in [2.45, 2.75) is 39.3 Å². The number of aromatic nitrogens is 2. The summed E-state index contributed by atoms with van der Waals surface area (Å²) in [4.78, 5) is 29.0. The molecule has 146 valence electrons. The quantitative estimate of drug-likeness (QED) is 0.515. The standard InChI is InChI=1S/C24H22N2O2S/c1-16-8-5-6-11-18(16)15-26-23-21(19-12-7-13-20(19)29-23)22(27)25(24(26)28)14-17-9-3-2-4-10-17/h2-6,8-11H,7,12-15H2,1H3. The molecule has 5 heteroatoms. The highest BCUT2D eigenvalue weighted by Crippen LogP contribution is 2.35. The predicted molar refractivity (Wildman–Crippen MR) is 118 cm³/mol. The number of hydrogen-bond acceptors (Lipinski definition) is 3. The zero-order valence-corrected chi connectivity index (χ0v) is 17.2. The molecular formula is C24H22N2O2S. The summed E-state index contributed by atoms with van der Waals surface area (Å²) in [6.45, 7) is 2.84. The lowest BCUT2D eigenvalue weighted by atomic mass is 10.1. The summed E-state index contributed by atoms with van der Waals surface area (Å²) in [5.41, 5.74) is 4.01. The Bertz CT molecular complexity index is 1330. The van der Waals surface area contributed by atoms with Crippen molar-refractivity contribution in [1.82, 2.24) is 9.13 Å². The van der Waals surface area contributed by atoms with Gasteiger partial charge in [0.1, 0.15) is 4.83 Å². The maximum absolute atomic E-state index is 13.5. The normalized spacial score (nSPS) is 13.1. The van der Waals surface area contributed by atoms with E-state index in [1.807, 2.05) is 47.0 Å². The van der Waals surface area contributed by atoms with Gasteiger partial charge < -0.3 is 0 Å². The summed E-state index contributed by atoms with van der Waals surface area (Å²) in [5.74, 6) is 0. The lowest BCUT2D eigenvalue weighted by Gasteiger charge is -2.14. The Kier molecular flexibility index (Phi) is 4.47. The highest BCUT2D eigenvalue weighted by Gasteiger charge is 2.24. The smallest absolute Gasteiger partial charge is 0.280 e. The Labute approximate surface area is 172 Å². The molecule has 1 aliphatic carbocycles. The van der Waals surface area contributed by atoms with Gasteiger partial charge in [-0.1, -0.05) is 54.6 Å². The number of nitrogens with zero attached hydrogens (tertiary/aromatic N) is 2. The van der Waals surface area contributed by atoms with E-state index in [9.17, 15) is 9.59 Å². The molecule has 0 bridgehead atoms. The first-order valence-corrected chi connectivity index (χ1v) is 10.8. The zero-order valence-electron chi connectivity index (χ0n) is 16.4. The second kappa shape index (κ2) is 7.16. The molecule has 4 aromatic rings. The summed E-state index contributed by atoms with van der Waals surface area (Å²) in [7, 11) is 0. The molecule has 4 nitrogen and oxygen atoms in total. The molecule has 2 heterocycles. The van der Waals surface area contributed by atoms with Gasteiger partial charge in [-0.2, -0.15) is 0 Å². The van der Waals surface area contributed by atoms with Gasteiger partial charge in [0.2, 0.25) is 0 Å². The number of rotatable bonds is 4. The van der Waals surface area contributed by atoms with E-state index in [1.54, 1.807) is 11.3 Å². The van der Waals surface area contributed by atoms with Crippen molar-refractivity contribution >= 4 is 21.6 Å². The van der Waals surface area contributed by atoms with Crippen molar-refractivity contribution in [2.24, 2.45) is 0 Å². The molecule has 0 spiro atoms. The average molecular weight is 403 g/mol. The summed E-state index contributed by atoms with van der Waals surface area (Å²) in [6, 6.07) is 17.9. The number of thiophene rings is 1. The topological polar surface area (TPSA) is 44.0 Å². The maximum Gasteiger partial charge on any atom is 0.332 e. The second-order valence-electron chi connectivity index (χ2n) is 7.71. The highest BCUT2D eigenvalue weighted by molar-refractivity contribution is 7.18. The maximum atomic E-state index is 13.5. The molecule has 0 saturated heterocycles. The first-order valence-electron chi connectivity index (χ1n) is 10.00. The molecule has 29 heavy (non-hydrogen) atoms. The lowest BCUT2D eigenvalue weighted by molar-refractivity contribution is 0.636. The van der Waals surface area contributed by atoms with Crippen LogP contribution in [-0.4, -0.2) is 9.13 Å². The molecule has 0 atom stereocenters. The van der Waals surface area contributed by atoms with Gasteiger partial charge >= 0.3 is 5.69 Å². The fourth-order valence-corrected chi connectivity index (χ4v) is 5.63. The van der Waals surface area contributed by atoms with Gasteiger partial charge in [0, 0.05) is 4.88 Å². The van der Waals surface area contributed by atoms with Crippen LogP contribution in [0, 0.1) is 6.92 Å². The molecule has 0 aliphatic heterocycles. The first-order chi connectivity index (χ1) is 14.1. The van der Waals surface area contributed by atoms with Gasteiger partial charge in [0.25, 0.3) is 5.56 Å². The second-order valence-corrected chi connectivity index (χ2v) is 8.79. The van der Waals surface area contributed by atoms with E-state index in [-0.39, 0.29) is 11.2 Å². The minimum Gasteiger partial charge on any atom is -0.280 e. The molecule has 1 aliphatic rings. The third-order valence-electron chi connectivity index (χ3n) is 5.84. The fourth-order valence-electron chi connectivity index (χ4n) is 4.26. The van der Waals surface area contributed by atoms with Crippen LogP contribution in [-0.2, 0) is 25.9 Å². The van der Waals surface area contributed by atoms with Gasteiger partial charge in [-0.3, -0.25) is 13.9 Å². The van der Waals surface area contributed by atoms with Gasteiger partial charge in [0.05, 0.1) is 18.5 Å². The minimum atomic E-state index is -0.227.